The number of aliphatic hydroxyl groups excluding tert-OH is 2. The van der Waals surface area contributed by atoms with Crippen molar-refractivity contribution < 1.29 is 34.3 Å². The summed E-state index contributed by atoms with van der Waals surface area (Å²) < 4.78 is 17.0. The fourth-order valence-electron chi connectivity index (χ4n) is 7.77. The summed E-state index contributed by atoms with van der Waals surface area (Å²) in [6.07, 6.45) is -0.691. The normalized spacial score (nSPS) is 56.9. The topological polar surface area (TPSA) is 105 Å². The van der Waals surface area contributed by atoms with E-state index in [2.05, 4.69) is 0 Å². The number of ketones is 1. The Hall–Kier alpha value is -0.990. The summed E-state index contributed by atoms with van der Waals surface area (Å²) in [5.41, 5.74) is -3.00. The Morgan fingerprint density at radius 1 is 1.17 bits per heavy atom. The highest BCUT2D eigenvalue weighted by Gasteiger charge is 2.75. The molecular weight excluding hydrogens is 376 g/mol. The van der Waals surface area contributed by atoms with Gasteiger partial charge in [0.25, 0.3) is 0 Å². The average molecular weight is 411 g/mol. The number of fused-ring (bicyclic) bond motifs is 2. The maximum Gasteiger partial charge on any atom is 0.203 e. The van der Waals surface area contributed by atoms with Gasteiger partial charge in [-0.05, 0) is 31.3 Å². The number of carbonyl (C=O) groups is 1. The predicted molar refractivity (Wildman–Crippen MR) is 103 cm³/mol. The van der Waals surface area contributed by atoms with E-state index in [1.807, 2.05) is 26.8 Å². The van der Waals surface area contributed by atoms with Gasteiger partial charge in [-0.1, -0.05) is 20.8 Å². The van der Waals surface area contributed by atoms with Crippen molar-refractivity contribution in [2.24, 2.45) is 34.5 Å². The first-order valence-electron chi connectivity index (χ1n) is 10.5. The zero-order valence-corrected chi connectivity index (χ0v) is 18.1. The van der Waals surface area contributed by atoms with Crippen molar-refractivity contribution in [3.63, 3.8) is 0 Å². The summed E-state index contributed by atoms with van der Waals surface area (Å²) in [6, 6.07) is 0. The van der Waals surface area contributed by atoms with Gasteiger partial charge in [0.1, 0.15) is 6.10 Å². The van der Waals surface area contributed by atoms with Gasteiger partial charge in [0, 0.05) is 36.2 Å². The highest BCUT2D eigenvalue weighted by molar-refractivity contribution is 5.99. The lowest BCUT2D eigenvalue weighted by atomic mass is 9.37. The molecule has 2 saturated carbocycles. The van der Waals surface area contributed by atoms with E-state index in [0.717, 1.165) is 0 Å². The summed E-state index contributed by atoms with van der Waals surface area (Å²) in [4.78, 5) is 13.6. The second kappa shape index (κ2) is 6.50. The highest BCUT2D eigenvalue weighted by Crippen LogP contribution is 2.69. The van der Waals surface area contributed by atoms with Crippen molar-refractivity contribution in [3.05, 3.63) is 11.8 Å². The van der Waals surface area contributed by atoms with Crippen LogP contribution in [0.1, 0.15) is 40.5 Å². The number of carbonyl (C=O) groups excluding carboxylic acids is 1. The van der Waals surface area contributed by atoms with Gasteiger partial charge in [0.15, 0.2) is 12.0 Å². The molecule has 4 aliphatic rings. The minimum Gasteiger partial charge on any atom is -0.493 e. The van der Waals surface area contributed by atoms with Crippen LogP contribution in [0.5, 0.6) is 0 Å². The van der Waals surface area contributed by atoms with Crippen molar-refractivity contribution in [3.8, 4) is 0 Å². The van der Waals surface area contributed by atoms with E-state index in [4.69, 9.17) is 14.2 Å². The van der Waals surface area contributed by atoms with Crippen molar-refractivity contribution in [2.45, 2.75) is 70.7 Å². The van der Waals surface area contributed by atoms with E-state index in [1.165, 1.54) is 14.2 Å². The van der Waals surface area contributed by atoms with Crippen LogP contribution in [-0.2, 0) is 19.0 Å². The van der Waals surface area contributed by atoms with Crippen LogP contribution >= 0.6 is 0 Å². The van der Waals surface area contributed by atoms with Crippen molar-refractivity contribution in [1.82, 2.24) is 0 Å². The molecule has 0 spiro atoms. The monoisotopic (exact) mass is 410 g/mol. The Balaban J connectivity index is 1.95. The van der Waals surface area contributed by atoms with Gasteiger partial charge in [0.2, 0.25) is 5.78 Å². The lowest BCUT2D eigenvalue weighted by Gasteiger charge is -2.70. The first-order valence-corrected chi connectivity index (χ1v) is 10.5. The standard InChI is InChI=1S/C22H34O7/c1-10-7-12(27-5)18(25)20(2)11(10)8-14-21(3)13(9-15(23)29-14)22(4,26)19(28-6)16(24)17(20)21/h7,10-11,13-17,19,23-24,26H,8-9H2,1-6H3/t10-,11+,13-,14-,15?,16+,17-,19-,20+,21-,22+/m1/s1. The number of Topliss-reactive ketones (excluding diaryl/α,β-unsaturated/α-hetero) is 1. The van der Waals surface area contributed by atoms with Crippen molar-refractivity contribution in [1.29, 1.82) is 0 Å². The van der Waals surface area contributed by atoms with Gasteiger partial charge in [-0.3, -0.25) is 4.79 Å². The number of allylic oxidation sites excluding steroid dienone is 2. The molecule has 7 nitrogen and oxygen atoms in total. The van der Waals surface area contributed by atoms with Crippen LogP contribution in [0.4, 0.5) is 0 Å². The molecule has 7 heteroatoms. The van der Waals surface area contributed by atoms with Gasteiger partial charge in [-0.15, -0.1) is 0 Å². The van der Waals surface area contributed by atoms with E-state index < -0.39 is 46.8 Å². The van der Waals surface area contributed by atoms with Crippen LogP contribution in [0.3, 0.4) is 0 Å². The van der Waals surface area contributed by atoms with Crippen LogP contribution < -0.4 is 0 Å². The molecule has 4 rings (SSSR count). The number of aliphatic hydroxyl groups is 3. The second-order valence-electron chi connectivity index (χ2n) is 10.1. The molecule has 0 aromatic heterocycles. The third-order valence-corrected chi connectivity index (χ3v) is 8.93. The third kappa shape index (κ3) is 2.45. The molecule has 0 aromatic carbocycles. The molecule has 11 atom stereocenters. The number of hydrogen-bond donors (Lipinski definition) is 3. The van der Waals surface area contributed by atoms with Gasteiger partial charge in [0.05, 0.1) is 24.9 Å². The fourth-order valence-corrected chi connectivity index (χ4v) is 7.77. The molecule has 1 unspecified atom stereocenters. The molecule has 3 N–H and O–H groups in total. The van der Waals surface area contributed by atoms with Crippen molar-refractivity contribution >= 4 is 5.78 Å². The smallest absolute Gasteiger partial charge is 0.203 e. The Labute approximate surface area is 172 Å². The fraction of sp³-hybridized carbons (Fsp3) is 0.864. The number of hydrogen-bond acceptors (Lipinski definition) is 7. The predicted octanol–water partition coefficient (Wildman–Crippen LogP) is 1.25. The SMILES string of the molecule is COC1=C[C@@H](C)[C@@H]2C[C@H]3OC(O)C[C@H]4[C@](C)(O)[C@H](OC)[C@@H](O)[C@H]([C@@]2(C)C1=O)[C@@]34C. The van der Waals surface area contributed by atoms with Gasteiger partial charge >= 0.3 is 0 Å². The van der Waals surface area contributed by atoms with Crippen LogP contribution in [-0.4, -0.2) is 65.5 Å². The highest BCUT2D eigenvalue weighted by atomic mass is 16.6. The maximum absolute atomic E-state index is 13.6. The molecule has 164 valence electrons. The number of ether oxygens (including phenoxy) is 3. The Morgan fingerprint density at radius 2 is 1.83 bits per heavy atom. The molecule has 1 aliphatic heterocycles. The zero-order valence-electron chi connectivity index (χ0n) is 18.1. The zero-order chi connectivity index (χ0) is 21.5. The van der Waals surface area contributed by atoms with Crippen LogP contribution in [0.2, 0.25) is 0 Å². The Morgan fingerprint density at radius 3 is 2.41 bits per heavy atom. The largest absolute Gasteiger partial charge is 0.493 e. The van der Waals surface area contributed by atoms with Gasteiger partial charge in [-0.2, -0.15) is 0 Å². The molecule has 0 amide bonds. The molecule has 29 heavy (non-hydrogen) atoms. The van der Waals surface area contributed by atoms with E-state index >= 15 is 0 Å². The van der Waals surface area contributed by atoms with Crippen LogP contribution in [0.15, 0.2) is 11.8 Å². The maximum atomic E-state index is 13.6. The lowest BCUT2D eigenvalue weighted by molar-refractivity contribution is -0.354. The molecule has 0 bridgehead atoms. The van der Waals surface area contributed by atoms with Crippen molar-refractivity contribution in [2.75, 3.05) is 14.2 Å². The number of methoxy groups -OCH3 is 2. The summed E-state index contributed by atoms with van der Waals surface area (Å²) in [6.45, 7) is 7.62. The Bertz CT molecular complexity index is 733. The summed E-state index contributed by atoms with van der Waals surface area (Å²) >= 11 is 0. The van der Waals surface area contributed by atoms with Crippen LogP contribution in [0, 0.1) is 34.5 Å². The minimum absolute atomic E-state index is 0.0361. The van der Waals surface area contributed by atoms with Crippen LogP contribution in [0.25, 0.3) is 0 Å². The van der Waals surface area contributed by atoms with Gasteiger partial charge in [-0.25, -0.2) is 0 Å². The number of rotatable bonds is 2. The first-order chi connectivity index (χ1) is 13.4. The molecule has 1 heterocycles. The summed E-state index contributed by atoms with van der Waals surface area (Å²) in [5.74, 6) is -0.764. The molecule has 3 aliphatic carbocycles. The lowest BCUT2D eigenvalue weighted by Crippen LogP contribution is -2.78. The summed E-state index contributed by atoms with van der Waals surface area (Å²) in [5, 5.41) is 33.5. The molecule has 3 fully saturated rings. The van der Waals surface area contributed by atoms with E-state index in [1.54, 1.807) is 6.92 Å². The van der Waals surface area contributed by atoms with Gasteiger partial charge < -0.3 is 29.5 Å². The summed E-state index contributed by atoms with van der Waals surface area (Å²) in [7, 11) is 2.96. The molecule has 0 radical (unpaired) electrons. The second-order valence-corrected chi connectivity index (χ2v) is 10.1. The molecular formula is C22H34O7. The minimum atomic E-state index is -1.38. The molecule has 0 aromatic rings. The average Bonchev–Trinajstić information content (AvgIpc) is 2.63. The van der Waals surface area contributed by atoms with E-state index in [9.17, 15) is 20.1 Å². The Kier molecular flexibility index (Phi) is 4.76. The molecule has 1 saturated heterocycles. The van der Waals surface area contributed by atoms with E-state index in [0.29, 0.717) is 12.2 Å². The first kappa shape index (κ1) is 21.2. The third-order valence-electron chi connectivity index (χ3n) is 8.93. The quantitative estimate of drug-likeness (QED) is 0.629. The van der Waals surface area contributed by atoms with E-state index in [-0.39, 0.29) is 30.1 Å².